The van der Waals surface area contributed by atoms with Crippen molar-refractivity contribution in [2.75, 3.05) is 14.2 Å². The van der Waals surface area contributed by atoms with E-state index < -0.39 is 0 Å². The Balaban J connectivity index is 1.86. The highest BCUT2D eigenvalue weighted by Crippen LogP contribution is 2.31. The highest BCUT2D eigenvalue weighted by Gasteiger charge is 2.20. The quantitative estimate of drug-likeness (QED) is 0.334. The van der Waals surface area contributed by atoms with Gasteiger partial charge >= 0.3 is 0 Å². The second kappa shape index (κ2) is 8.02. The zero-order chi connectivity index (χ0) is 20.2. The van der Waals surface area contributed by atoms with Crippen LogP contribution in [0.1, 0.15) is 21.8 Å². The fraction of sp³-hybridized carbons (Fsp3) is 0.0833. The third-order valence-corrected chi connectivity index (χ3v) is 4.52. The van der Waals surface area contributed by atoms with Crippen molar-refractivity contribution in [3.63, 3.8) is 0 Å². The molecule has 1 heterocycles. The molecule has 3 aromatic carbocycles. The first-order chi connectivity index (χ1) is 14.2. The van der Waals surface area contributed by atoms with E-state index in [1.807, 2.05) is 48.5 Å². The molecule has 4 aromatic rings. The van der Waals surface area contributed by atoms with Gasteiger partial charge in [0.25, 0.3) is 0 Å². The SMILES string of the molecule is COc1ccc(C=C(C(=O)c2ccccc2)c2nc3ccccc3o2)cc1OC. The Bertz CT molecular complexity index is 1160. The molecule has 0 aliphatic carbocycles. The number of ether oxygens (including phenoxy) is 2. The lowest BCUT2D eigenvalue weighted by molar-refractivity contribution is 0.105. The number of carbonyl (C=O) groups is 1. The van der Waals surface area contributed by atoms with Gasteiger partial charge in [0.2, 0.25) is 5.89 Å². The van der Waals surface area contributed by atoms with E-state index in [-0.39, 0.29) is 11.7 Å². The second-order valence-electron chi connectivity index (χ2n) is 6.35. The van der Waals surface area contributed by atoms with Crippen molar-refractivity contribution in [3.8, 4) is 11.5 Å². The van der Waals surface area contributed by atoms with Crippen LogP contribution in [0.4, 0.5) is 0 Å². The smallest absolute Gasteiger partial charge is 0.231 e. The molecule has 0 aliphatic rings. The van der Waals surface area contributed by atoms with Crippen LogP contribution in [0.5, 0.6) is 11.5 Å². The van der Waals surface area contributed by atoms with Gasteiger partial charge in [0.1, 0.15) is 5.52 Å². The van der Waals surface area contributed by atoms with Crippen LogP contribution in [0.2, 0.25) is 0 Å². The number of fused-ring (bicyclic) bond motifs is 1. The van der Waals surface area contributed by atoms with Crippen LogP contribution in [-0.2, 0) is 0 Å². The summed E-state index contributed by atoms with van der Waals surface area (Å²) >= 11 is 0. The van der Waals surface area contributed by atoms with Crippen LogP contribution >= 0.6 is 0 Å². The highest BCUT2D eigenvalue weighted by molar-refractivity contribution is 6.31. The third-order valence-electron chi connectivity index (χ3n) is 4.52. The Kier molecular flexibility index (Phi) is 5.12. The average Bonchev–Trinajstić information content (AvgIpc) is 3.21. The summed E-state index contributed by atoms with van der Waals surface area (Å²) in [5.41, 5.74) is 3.01. The van der Waals surface area contributed by atoms with Crippen LogP contribution in [0.3, 0.4) is 0 Å². The molecule has 0 unspecified atom stereocenters. The number of nitrogens with zero attached hydrogens (tertiary/aromatic N) is 1. The number of hydrogen-bond acceptors (Lipinski definition) is 5. The summed E-state index contributed by atoms with van der Waals surface area (Å²) in [6.45, 7) is 0. The lowest BCUT2D eigenvalue weighted by atomic mass is 10.0. The summed E-state index contributed by atoms with van der Waals surface area (Å²) in [6, 6.07) is 21.9. The van der Waals surface area contributed by atoms with Gasteiger partial charge in [0.15, 0.2) is 22.9 Å². The van der Waals surface area contributed by atoms with Crippen molar-refractivity contribution in [2.24, 2.45) is 0 Å². The van der Waals surface area contributed by atoms with E-state index in [2.05, 4.69) is 4.98 Å². The molecular formula is C24H19NO4. The Labute approximate surface area is 168 Å². The van der Waals surface area contributed by atoms with Crippen LogP contribution < -0.4 is 9.47 Å². The molecule has 0 atom stereocenters. The normalized spacial score (nSPS) is 11.4. The lowest BCUT2D eigenvalue weighted by Crippen LogP contribution is -2.03. The Morgan fingerprint density at radius 3 is 2.34 bits per heavy atom. The number of allylic oxidation sites excluding steroid dienone is 1. The molecule has 1 aromatic heterocycles. The molecular weight excluding hydrogens is 366 g/mol. The van der Waals surface area contributed by atoms with Gasteiger partial charge in [-0.25, -0.2) is 4.98 Å². The maximum Gasteiger partial charge on any atom is 0.231 e. The molecule has 0 fully saturated rings. The van der Waals surface area contributed by atoms with E-state index >= 15 is 0 Å². The molecule has 0 bridgehead atoms. The molecule has 144 valence electrons. The van der Waals surface area contributed by atoms with Crippen molar-refractivity contribution >= 4 is 28.5 Å². The van der Waals surface area contributed by atoms with Gasteiger partial charge in [-0.1, -0.05) is 48.5 Å². The Morgan fingerprint density at radius 1 is 0.897 bits per heavy atom. The Hall–Kier alpha value is -3.86. The summed E-state index contributed by atoms with van der Waals surface area (Å²) in [5, 5.41) is 0. The summed E-state index contributed by atoms with van der Waals surface area (Å²) < 4.78 is 16.6. The van der Waals surface area contributed by atoms with Gasteiger partial charge < -0.3 is 13.9 Å². The van der Waals surface area contributed by atoms with Gasteiger partial charge in [0.05, 0.1) is 19.8 Å². The van der Waals surface area contributed by atoms with Gasteiger partial charge in [0, 0.05) is 5.56 Å². The first-order valence-electron chi connectivity index (χ1n) is 9.09. The van der Waals surface area contributed by atoms with E-state index in [9.17, 15) is 4.79 Å². The van der Waals surface area contributed by atoms with Gasteiger partial charge in [-0.05, 0) is 35.9 Å². The molecule has 0 spiro atoms. The zero-order valence-electron chi connectivity index (χ0n) is 16.1. The number of benzene rings is 3. The molecule has 29 heavy (non-hydrogen) atoms. The number of rotatable bonds is 6. The number of Topliss-reactive ketones (excluding diaryl/α,β-unsaturated/α-hetero) is 1. The number of carbonyl (C=O) groups excluding carboxylic acids is 1. The predicted molar refractivity (Wildman–Crippen MR) is 112 cm³/mol. The maximum absolute atomic E-state index is 13.3. The van der Waals surface area contributed by atoms with Crippen molar-refractivity contribution < 1.29 is 18.7 Å². The zero-order valence-corrected chi connectivity index (χ0v) is 16.1. The third kappa shape index (κ3) is 3.75. The summed E-state index contributed by atoms with van der Waals surface area (Å²) in [6.07, 6.45) is 1.75. The van der Waals surface area contributed by atoms with Gasteiger partial charge in [-0.15, -0.1) is 0 Å². The van der Waals surface area contributed by atoms with Crippen molar-refractivity contribution in [1.29, 1.82) is 0 Å². The van der Waals surface area contributed by atoms with Crippen molar-refractivity contribution in [3.05, 3.63) is 89.8 Å². The number of para-hydroxylation sites is 2. The number of aromatic nitrogens is 1. The van der Waals surface area contributed by atoms with Crippen LogP contribution in [0.25, 0.3) is 22.7 Å². The average molecular weight is 385 g/mol. The first kappa shape index (κ1) is 18.5. The standard InChI is InChI=1S/C24H19NO4/c1-27-21-13-12-16(15-22(21)28-2)14-18(23(26)17-8-4-3-5-9-17)24-25-19-10-6-7-11-20(19)29-24/h3-15H,1-2H3. The largest absolute Gasteiger partial charge is 0.493 e. The maximum atomic E-state index is 13.3. The first-order valence-corrected chi connectivity index (χ1v) is 9.09. The molecule has 0 aliphatic heterocycles. The van der Waals surface area contributed by atoms with Crippen LogP contribution in [0, 0.1) is 0 Å². The van der Waals surface area contributed by atoms with Crippen LogP contribution in [-0.4, -0.2) is 25.0 Å². The molecule has 5 heteroatoms. The predicted octanol–water partition coefficient (Wildman–Crippen LogP) is 5.27. The number of ketones is 1. The molecule has 4 rings (SSSR count). The van der Waals surface area contributed by atoms with Gasteiger partial charge in [-0.3, -0.25) is 4.79 Å². The lowest BCUT2D eigenvalue weighted by Gasteiger charge is -2.09. The second-order valence-corrected chi connectivity index (χ2v) is 6.35. The minimum absolute atomic E-state index is 0.174. The van der Waals surface area contributed by atoms with E-state index in [4.69, 9.17) is 13.9 Å². The van der Waals surface area contributed by atoms with Crippen molar-refractivity contribution in [2.45, 2.75) is 0 Å². The molecule has 0 amide bonds. The van der Waals surface area contributed by atoms with E-state index in [0.717, 1.165) is 5.56 Å². The van der Waals surface area contributed by atoms with E-state index in [1.165, 1.54) is 0 Å². The topological polar surface area (TPSA) is 61.6 Å². The summed E-state index contributed by atoms with van der Waals surface area (Å²) in [4.78, 5) is 17.8. The molecule has 0 saturated carbocycles. The molecule has 0 radical (unpaired) electrons. The fourth-order valence-corrected chi connectivity index (χ4v) is 3.07. The van der Waals surface area contributed by atoms with E-state index in [0.29, 0.717) is 33.7 Å². The monoisotopic (exact) mass is 385 g/mol. The summed E-state index contributed by atoms with van der Waals surface area (Å²) in [7, 11) is 3.15. The minimum atomic E-state index is -0.174. The summed E-state index contributed by atoms with van der Waals surface area (Å²) in [5.74, 6) is 1.29. The number of methoxy groups -OCH3 is 2. The number of hydrogen-bond donors (Lipinski definition) is 0. The minimum Gasteiger partial charge on any atom is -0.493 e. The van der Waals surface area contributed by atoms with E-state index in [1.54, 1.807) is 44.6 Å². The number of oxazole rings is 1. The Morgan fingerprint density at radius 2 is 1.62 bits per heavy atom. The molecule has 0 N–H and O–H groups in total. The molecule has 5 nitrogen and oxygen atoms in total. The van der Waals surface area contributed by atoms with Gasteiger partial charge in [-0.2, -0.15) is 0 Å². The van der Waals surface area contributed by atoms with Crippen LogP contribution in [0.15, 0.2) is 77.2 Å². The molecule has 0 saturated heterocycles. The fourth-order valence-electron chi connectivity index (χ4n) is 3.07. The highest BCUT2D eigenvalue weighted by atomic mass is 16.5. The van der Waals surface area contributed by atoms with Crippen molar-refractivity contribution in [1.82, 2.24) is 4.98 Å².